The van der Waals surface area contributed by atoms with Gasteiger partial charge in [0.25, 0.3) is 5.52 Å². The van der Waals surface area contributed by atoms with Crippen molar-refractivity contribution < 1.29 is 14.0 Å². The normalized spacial score (nSPS) is 11.0. The second kappa shape index (κ2) is 6.30. The number of rotatable bonds is 4. The van der Waals surface area contributed by atoms with E-state index in [1.807, 2.05) is 0 Å². The van der Waals surface area contributed by atoms with Gasteiger partial charge < -0.3 is 19.6 Å². The van der Waals surface area contributed by atoms with E-state index in [2.05, 4.69) is 0 Å². The van der Waals surface area contributed by atoms with Crippen molar-refractivity contribution in [3.05, 3.63) is 52.0 Å². The van der Waals surface area contributed by atoms with Crippen LogP contribution in [0.4, 0.5) is 0 Å². The van der Waals surface area contributed by atoms with Gasteiger partial charge in [0.2, 0.25) is 0 Å². The summed E-state index contributed by atoms with van der Waals surface area (Å²) in [4.78, 5) is 26.3. The summed E-state index contributed by atoms with van der Waals surface area (Å²) in [7, 11) is 3.53. The zero-order valence-electron chi connectivity index (χ0n) is 12.6. The predicted molar refractivity (Wildman–Crippen MR) is 82.7 cm³/mol. The molecule has 0 amide bonds. The maximum Gasteiger partial charge on any atom is 0.411 e. The first kappa shape index (κ1) is 15.6. The number of carbonyl (C=O) groups excluding carboxylic acids is 1. The van der Waals surface area contributed by atoms with Gasteiger partial charge in [-0.25, -0.2) is 4.79 Å². The first-order valence-corrected chi connectivity index (χ1v) is 6.77. The van der Waals surface area contributed by atoms with Crippen LogP contribution in [0.25, 0.3) is 17.1 Å². The molecular weight excluding hydrogens is 286 g/mol. The van der Waals surface area contributed by atoms with Gasteiger partial charge in [0, 0.05) is 31.3 Å². The van der Waals surface area contributed by atoms with Crippen LogP contribution in [-0.2, 0) is 4.74 Å². The summed E-state index contributed by atoms with van der Waals surface area (Å²) < 4.78 is 5.91. The molecule has 0 aliphatic carbocycles. The largest absolute Gasteiger partial charge is 0.805 e. The molecular formula is C15H17N3O4. The highest BCUT2D eigenvalue weighted by Crippen LogP contribution is 2.16. The number of hydrogen-bond donors (Lipinski definition) is 0. The number of fused-ring (bicyclic) bond motifs is 1. The van der Waals surface area contributed by atoms with Crippen LogP contribution in [0.15, 0.2) is 30.5 Å². The molecule has 0 unspecified atom stereocenters. The van der Waals surface area contributed by atoms with E-state index in [0.29, 0.717) is 9.16 Å². The summed E-state index contributed by atoms with van der Waals surface area (Å²) >= 11 is 0. The molecule has 0 aliphatic heterocycles. The van der Waals surface area contributed by atoms with Crippen LogP contribution >= 0.6 is 0 Å². The monoisotopic (exact) mass is 303 g/mol. The molecule has 7 heteroatoms. The Kier molecular flexibility index (Phi) is 4.45. The van der Waals surface area contributed by atoms with Crippen LogP contribution in [0.1, 0.15) is 23.1 Å². The molecule has 0 spiro atoms. The maximum atomic E-state index is 12.5. The van der Waals surface area contributed by atoms with Crippen molar-refractivity contribution in [2.75, 3.05) is 20.7 Å². The minimum atomic E-state index is -0.828. The third-order valence-corrected chi connectivity index (χ3v) is 2.98. The van der Waals surface area contributed by atoms with Gasteiger partial charge in [-0.2, -0.15) is 0 Å². The Morgan fingerprint density at radius 1 is 1.41 bits per heavy atom. The molecule has 0 saturated heterocycles. The minimum absolute atomic E-state index is 0.0548. The van der Waals surface area contributed by atoms with Crippen molar-refractivity contribution in [3.8, 4) is 0 Å². The van der Waals surface area contributed by atoms with Gasteiger partial charge >= 0.3 is 11.7 Å². The van der Waals surface area contributed by atoms with Gasteiger partial charge in [0.05, 0.1) is 11.0 Å². The van der Waals surface area contributed by atoms with Gasteiger partial charge in [0.1, 0.15) is 11.2 Å². The predicted octanol–water partition coefficient (Wildman–Crippen LogP) is 1.61. The quantitative estimate of drug-likeness (QED) is 0.633. The van der Waals surface area contributed by atoms with Crippen LogP contribution in [-0.4, -0.2) is 36.3 Å². The lowest BCUT2D eigenvalue weighted by atomic mass is 10.2. The van der Waals surface area contributed by atoms with Crippen molar-refractivity contribution in [1.82, 2.24) is 9.63 Å². The number of nitrogens with zero attached hydrogens (tertiary/aromatic N) is 3. The lowest BCUT2D eigenvalue weighted by molar-refractivity contribution is -0.469. The highest BCUT2D eigenvalue weighted by atomic mass is 16.5. The van der Waals surface area contributed by atoms with Gasteiger partial charge in [-0.05, 0) is 19.1 Å². The number of carbonyl (C=O) groups is 1. The Bertz CT molecular complexity index is 793. The summed E-state index contributed by atoms with van der Waals surface area (Å²) in [6.45, 7) is 1.75. The Hall–Kier alpha value is -2.83. The molecule has 1 aromatic heterocycles. The van der Waals surface area contributed by atoms with Crippen molar-refractivity contribution in [2.45, 2.75) is 6.92 Å². The number of hydrogen-bond acceptors (Lipinski definition) is 5. The zero-order chi connectivity index (χ0) is 16.3. The van der Waals surface area contributed by atoms with Crippen LogP contribution in [0, 0.1) is 10.1 Å². The molecule has 0 N–H and O–H groups in total. The van der Waals surface area contributed by atoms with Gasteiger partial charge in [-0.3, -0.25) is 0 Å². The molecule has 0 aliphatic rings. The Labute approximate surface area is 127 Å². The summed E-state index contributed by atoms with van der Waals surface area (Å²) in [5, 5.41) is 12.5. The molecule has 0 saturated carbocycles. The van der Waals surface area contributed by atoms with E-state index in [9.17, 15) is 14.9 Å². The molecule has 1 heterocycles. The maximum absolute atomic E-state index is 12.5. The van der Waals surface area contributed by atoms with E-state index in [-0.39, 0.29) is 29.0 Å². The van der Waals surface area contributed by atoms with E-state index in [1.54, 1.807) is 44.3 Å². The minimum Gasteiger partial charge on any atom is -0.805 e. The second-order valence-corrected chi connectivity index (χ2v) is 4.81. The third-order valence-electron chi connectivity index (χ3n) is 2.98. The van der Waals surface area contributed by atoms with Crippen molar-refractivity contribution in [1.29, 1.82) is 0 Å². The molecule has 2 rings (SSSR count). The van der Waals surface area contributed by atoms with E-state index in [0.717, 1.165) is 0 Å². The smallest absolute Gasteiger partial charge is 0.411 e. The van der Waals surface area contributed by atoms with E-state index in [4.69, 9.17) is 4.74 Å². The van der Waals surface area contributed by atoms with Crippen molar-refractivity contribution in [2.24, 2.45) is 0 Å². The fraction of sp³-hybridized carbons (Fsp3) is 0.267. The fourth-order valence-corrected chi connectivity index (χ4v) is 2.01. The van der Waals surface area contributed by atoms with Gasteiger partial charge in [0.15, 0.2) is 0 Å². The molecule has 1 aromatic carbocycles. The highest BCUT2D eigenvalue weighted by molar-refractivity contribution is 5.91. The summed E-state index contributed by atoms with van der Waals surface area (Å²) in [6.07, 6.45) is 3.00. The average molecular weight is 303 g/mol. The standard InChI is InChI=1S/C15H17N3O4/c1-4-22-15(19)14-13(9-10-16(2)3)17(20)11-7-5-6-8-12(11)18(14)21/h5-10H,4H2,1-3H3/b10-9+. The zero-order valence-corrected chi connectivity index (χ0v) is 12.6. The summed E-state index contributed by atoms with van der Waals surface area (Å²) in [5.41, 5.74) is -0.0824. The molecule has 0 atom stereocenters. The van der Waals surface area contributed by atoms with Crippen LogP contribution in [0.3, 0.4) is 0 Å². The van der Waals surface area contributed by atoms with E-state index in [1.165, 1.54) is 18.2 Å². The number of para-hydroxylation sites is 2. The lowest BCUT2D eigenvalue weighted by Crippen LogP contribution is -2.31. The number of ether oxygens (including phenoxy) is 1. The molecule has 0 fully saturated rings. The number of benzene rings is 1. The Balaban J connectivity index is 2.83. The van der Waals surface area contributed by atoms with Gasteiger partial charge in [-0.15, -0.1) is 0 Å². The topological polar surface area (TPSA) is 80.5 Å². The van der Waals surface area contributed by atoms with E-state index >= 15 is 0 Å². The Morgan fingerprint density at radius 3 is 2.73 bits per heavy atom. The second-order valence-electron chi connectivity index (χ2n) is 4.81. The fourth-order valence-electron chi connectivity index (χ4n) is 2.01. The van der Waals surface area contributed by atoms with E-state index < -0.39 is 5.97 Å². The first-order chi connectivity index (χ1) is 10.5. The lowest BCUT2D eigenvalue weighted by Gasteiger charge is -2.17. The SMILES string of the molecule is CCOC(=O)c1c(/C=C/N(C)C)n([O-])c2ccccc2[n+]1=O. The average Bonchev–Trinajstić information content (AvgIpc) is 2.49. The molecule has 0 radical (unpaired) electrons. The first-order valence-electron chi connectivity index (χ1n) is 6.77. The van der Waals surface area contributed by atoms with Gasteiger partial charge in [-0.1, -0.05) is 12.1 Å². The molecule has 0 bridgehead atoms. The third kappa shape index (κ3) is 2.78. The van der Waals surface area contributed by atoms with Crippen molar-refractivity contribution >= 4 is 23.1 Å². The molecule has 7 nitrogen and oxygen atoms in total. The molecule has 22 heavy (non-hydrogen) atoms. The molecule has 116 valence electrons. The van der Waals surface area contributed by atoms with Crippen LogP contribution in [0.5, 0.6) is 0 Å². The highest BCUT2D eigenvalue weighted by Gasteiger charge is 2.29. The summed E-state index contributed by atoms with van der Waals surface area (Å²) in [6, 6.07) is 6.29. The Morgan fingerprint density at radius 2 is 2.09 bits per heavy atom. The summed E-state index contributed by atoms with van der Waals surface area (Å²) in [5.74, 6) is -0.828. The van der Waals surface area contributed by atoms with Crippen LogP contribution in [0.2, 0.25) is 0 Å². The van der Waals surface area contributed by atoms with Crippen LogP contribution < -0.4 is 4.43 Å². The number of aromatic nitrogens is 2. The molecule has 2 aromatic rings. The van der Waals surface area contributed by atoms with Crippen molar-refractivity contribution in [3.63, 3.8) is 0 Å². The number of esters is 1.